The molecule has 1 amide bonds. The topological polar surface area (TPSA) is 40.5 Å². The maximum absolute atomic E-state index is 12.0. The number of amides is 1. The van der Waals surface area contributed by atoms with E-state index in [0.29, 0.717) is 5.06 Å². The Bertz CT molecular complexity index is 105. The summed E-state index contributed by atoms with van der Waals surface area (Å²) in [6.45, 7) is 0.125. The zero-order chi connectivity index (χ0) is 6.15. The van der Waals surface area contributed by atoms with Crippen LogP contribution in [0.2, 0.25) is 0 Å². The van der Waals surface area contributed by atoms with Gasteiger partial charge in [-0.25, -0.2) is 9.45 Å². The first-order valence-corrected chi connectivity index (χ1v) is 2.36. The van der Waals surface area contributed by atoms with Crippen molar-refractivity contribution in [2.45, 2.75) is 12.6 Å². The van der Waals surface area contributed by atoms with E-state index in [4.69, 9.17) is 5.21 Å². The SMILES string of the molecule is O=C1C(F)CCN1O. The van der Waals surface area contributed by atoms with Gasteiger partial charge in [0.2, 0.25) is 0 Å². The van der Waals surface area contributed by atoms with E-state index < -0.39 is 12.1 Å². The number of carbonyl (C=O) groups is 1. The van der Waals surface area contributed by atoms with Crippen LogP contribution in [0.15, 0.2) is 0 Å². The van der Waals surface area contributed by atoms with Gasteiger partial charge in [-0.1, -0.05) is 0 Å². The Labute approximate surface area is 45.7 Å². The molecule has 1 heterocycles. The van der Waals surface area contributed by atoms with Gasteiger partial charge in [-0.15, -0.1) is 0 Å². The second kappa shape index (κ2) is 1.70. The maximum Gasteiger partial charge on any atom is 0.280 e. The lowest BCUT2D eigenvalue weighted by atomic mass is 10.3. The molecule has 0 spiro atoms. The van der Waals surface area contributed by atoms with Crippen LogP contribution in [0.5, 0.6) is 0 Å². The zero-order valence-corrected chi connectivity index (χ0v) is 4.17. The van der Waals surface area contributed by atoms with Crippen molar-refractivity contribution in [2.24, 2.45) is 0 Å². The monoisotopic (exact) mass is 119 g/mol. The summed E-state index contributed by atoms with van der Waals surface area (Å²) in [5, 5.41) is 8.82. The van der Waals surface area contributed by atoms with Crippen molar-refractivity contribution in [3.05, 3.63) is 0 Å². The van der Waals surface area contributed by atoms with E-state index in [0.717, 1.165) is 0 Å². The van der Waals surface area contributed by atoms with Gasteiger partial charge >= 0.3 is 0 Å². The molecule has 46 valence electrons. The molecule has 1 unspecified atom stereocenters. The van der Waals surface area contributed by atoms with E-state index in [2.05, 4.69) is 0 Å². The van der Waals surface area contributed by atoms with Crippen molar-refractivity contribution in [3.8, 4) is 0 Å². The first kappa shape index (κ1) is 5.50. The average molecular weight is 119 g/mol. The summed E-state index contributed by atoms with van der Waals surface area (Å²) in [6.07, 6.45) is -1.35. The van der Waals surface area contributed by atoms with Crippen molar-refractivity contribution in [1.82, 2.24) is 5.06 Å². The molecule has 1 atom stereocenters. The van der Waals surface area contributed by atoms with Crippen molar-refractivity contribution in [2.75, 3.05) is 6.54 Å². The van der Waals surface area contributed by atoms with E-state index in [1.54, 1.807) is 0 Å². The molecule has 0 aliphatic carbocycles. The molecule has 3 nitrogen and oxygen atoms in total. The number of carbonyl (C=O) groups excluding carboxylic acids is 1. The third-order valence-corrected chi connectivity index (χ3v) is 1.12. The molecular formula is C4H6FNO2. The van der Waals surface area contributed by atoms with Crippen molar-refractivity contribution in [1.29, 1.82) is 0 Å². The summed E-state index contributed by atoms with van der Waals surface area (Å²) in [5.41, 5.74) is 0. The Morgan fingerprint density at radius 1 is 1.88 bits per heavy atom. The summed E-state index contributed by atoms with van der Waals surface area (Å²) in [4.78, 5) is 10.2. The van der Waals surface area contributed by atoms with Crippen LogP contribution in [-0.2, 0) is 4.79 Å². The summed E-state index contributed by atoms with van der Waals surface area (Å²) < 4.78 is 12.0. The minimum Gasteiger partial charge on any atom is -0.286 e. The van der Waals surface area contributed by atoms with Gasteiger partial charge in [0.1, 0.15) is 0 Å². The summed E-state index contributed by atoms with van der Waals surface area (Å²) in [5.74, 6) is -0.815. The second-order valence-corrected chi connectivity index (χ2v) is 1.72. The van der Waals surface area contributed by atoms with Gasteiger partial charge in [0.25, 0.3) is 5.91 Å². The van der Waals surface area contributed by atoms with Gasteiger partial charge in [-0.2, -0.15) is 0 Å². The molecule has 1 fully saturated rings. The Balaban J connectivity index is 2.57. The Morgan fingerprint density at radius 2 is 2.50 bits per heavy atom. The largest absolute Gasteiger partial charge is 0.286 e. The van der Waals surface area contributed by atoms with Crippen LogP contribution >= 0.6 is 0 Å². The van der Waals surface area contributed by atoms with Crippen LogP contribution in [0, 0.1) is 0 Å². The number of halogens is 1. The first-order valence-electron chi connectivity index (χ1n) is 2.36. The van der Waals surface area contributed by atoms with Crippen LogP contribution in [0.3, 0.4) is 0 Å². The van der Waals surface area contributed by atoms with Gasteiger partial charge in [-0.3, -0.25) is 10.0 Å². The lowest BCUT2D eigenvalue weighted by Crippen LogP contribution is -2.23. The number of hydroxylamine groups is 2. The molecule has 0 radical (unpaired) electrons. The van der Waals surface area contributed by atoms with Gasteiger partial charge in [0.15, 0.2) is 6.17 Å². The maximum atomic E-state index is 12.0. The van der Waals surface area contributed by atoms with Gasteiger partial charge in [0.05, 0.1) is 6.54 Å². The Morgan fingerprint density at radius 3 is 2.62 bits per heavy atom. The molecule has 4 heteroatoms. The van der Waals surface area contributed by atoms with Crippen LogP contribution < -0.4 is 0 Å². The number of hydrogen-bond donors (Lipinski definition) is 1. The van der Waals surface area contributed by atoms with Gasteiger partial charge in [0, 0.05) is 6.42 Å². The van der Waals surface area contributed by atoms with E-state index in [9.17, 15) is 9.18 Å². The second-order valence-electron chi connectivity index (χ2n) is 1.72. The normalized spacial score (nSPS) is 29.5. The van der Waals surface area contributed by atoms with E-state index in [1.165, 1.54) is 0 Å². The summed E-state index contributed by atoms with van der Waals surface area (Å²) >= 11 is 0. The first-order chi connectivity index (χ1) is 3.72. The van der Waals surface area contributed by atoms with Crippen LogP contribution in [-0.4, -0.2) is 28.9 Å². The molecule has 0 aromatic heterocycles. The molecule has 1 rings (SSSR count). The molecule has 0 bridgehead atoms. The molecule has 1 aliphatic heterocycles. The number of hydrogen-bond acceptors (Lipinski definition) is 2. The van der Waals surface area contributed by atoms with Crippen molar-refractivity contribution < 1.29 is 14.4 Å². The quantitative estimate of drug-likeness (QED) is 0.454. The standard InChI is InChI=1S/C4H6FNO2/c5-3-1-2-6(8)4(3)7/h3,8H,1-2H2. The smallest absolute Gasteiger partial charge is 0.280 e. The fourth-order valence-corrected chi connectivity index (χ4v) is 0.631. The van der Waals surface area contributed by atoms with Gasteiger partial charge in [-0.05, 0) is 0 Å². The molecule has 1 N–H and O–H groups in total. The highest BCUT2D eigenvalue weighted by atomic mass is 19.1. The minimum absolute atomic E-state index is 0.120. The van der Waals surface area contributed by atoms with Crippen molar-refractivity contribution in [3.63, 3.8) is 0 Å². The molecule has 0 aromatic carbocycles. The van der Waals surface area contributed by atoms with Crippen molar-refractivity contribution >= 4 is 5.91 Å². The number of rotatable bonds is 0. The van der Waals surface area contributed by atoms with Crippen LogP contribution in [0.1, 0.15) is 6.42 Å². The summed E-state index contributed by atoms with van der Waals surface area (Å²) in [6, 6.07) is 0. The van der Waals surface area contributed by atoms with Gasteiger partial charge < -0.3 is 0 Å². The highest BCUT2D eigenvalue weighted by Gasteiger charge is 2.29. The lowest BCUT2D eigenvalue weighted by Gasteiger charge is -2.01. The fraction of sp³-hybridized carbons (Fsp3) is 0.750. The molecule has 8 heavy (non-hydrogen) atoms. The highest BCUT2D eigenvalue weighted by molar-refractivity contribution is 5.81. The van der Waals surface area contributed by atoms with E-state index >= 15 is 0 Å². The average Bonchev–Trinajstić information content (AvgIpc) is 1.98. The third kappa shape index (κ3) is 0.667. The van der Waals surface area contributed by atoms with Crippen LogP contribution in [0.4, 0.5) is 4.39 Å². The predicted molar refractivity (Wildman–Crippen MR) is 23.0 cm³/mol. The number of alkyl halides is 1. The predicted octanol–water partition coefficient (Wildman–Crippen LogP) is -0.0540. The Hall–Kier alpha value is -0.640. The third-order valence-electron chi connectivity index (χ3n) is 1.12. The summed E-state index contributed by atoms with van der Waals surface area (Å²) in [7, 11) is 0. The van der Waals surface area contributed by atoms with Crippen LogP contribution in [0.25, 0.3) is 0 Å². The zero-order valence-electron chi connectivity index (χ0n) is 4.17. The minimum atomic E-state index is -1.47. The van der Waals surface area contributed by atoms with E-state index in [-0.39, 0.29) is 13.0 Å². The Kier molecular flexibility index (Phi) is 1.17. The fourth-order valence-electron chi connectivity index (χ4n) is 0.631. The number of nitrogens with zero attached hydrogens (tertiary/aromatic N) is 1. The molecule has 1 saturated heterocycles. The highest BCUT2D eigenvalue weighted by Crippen LogP contribution is 2.10. The molecular weight excluding hydrogens is 113 g/mol. The lowest BCUT2D eigenvalue weighted by molar-refractivity contribution is -0.160. The molecule has 1 aliphatic rings. The van der Waals surface area contributed by atoms with E-state index in [1.807, 2.05) is 0 Å². The molecule has 0 aromatic rings. The molecule has 0 saturated carbocycles.